The monoisotopic (exact) mass is 387 g/mol. The van der Waals surface area contributed by atoms with Crippen LogP contribution in [0.4, 0.5) is 0 Å². The molecule has 0 amide bonds. The molecule has 0 aliphatic rings. The average molecular weight is 388 g/mol. The van der Waals surface area contributed by atoms with Gasteiger partial charge in [0.1, 0.15) is 0 Å². The molecular formula is C15H35ClPPd+. The summed E-state index contributed by atoms with van der Waals surface area (Å²) in [7, 11) is 4.10. The average Bonchev–Trinajstić information content (AvgIpc) is 1.99. The van der Waals surface area contributed by atoms with Crippen LogP contribution in [-0.2, 0) is 18.2 Å². The van der Waals surface area contributed by atoms with Gasteiger partial charge < -0.3 is 6.42 Å². The molecule has 0 bridgehead atoms. The van der Waals surface area contributed by atoms with Crippen LogP contribution in [0.1, 0.15) is 76.2 Å². The molecule has 0 heterocycles. The second-order valence-corrected chi connectivity index (χ2v) is 13.0. The Hall–Kier alpha value is 1.38. The van der Waals surface area contributed by atoms with E-state index in [4.69, 9.17) is 0 Å². The second-order valence-electron chi connectivity index (χ2n) is 7.70. The molecule has 0 nitrogen and oxygen atoms in total. The van der Waals surface area contributed by atoms with Gasteiger partial charge in [0, 0.05) is 7.92 Å². The van der Waals surface area contributed by atoms with E-state index in [0.29, 0.717) is 15.5 Å². The van der Waals surface area contributed by atoms with Crippen molar-refractivity contribution >= 4 is 17.5 Å². The van der Waals surface area contributed by atoms with E-state index in [0.717, 1.165) is 0 Å². The molecule has 0 radical (unpaired) electrons. The fraction of sp³-hybridized carbons (Fsp3) is 0.933. The summed E-state index contributed by atoms with van der Waals surface area (Å²) in [4.78, 5) is 0. The molecule has 0 fully saturated rings. The van der Waals surface area contributed by atoms with E-state index in [1.807, 2.05) is 20.3 Å². The summed E-state index contributed by atoms with van der Waals surface area (Å²) in [5.74, 6) is 0. The van der Waals surface area contributed by atoms with E-state index in [1.54, 1.807) is 0 Å². The van der Waals surface area contributed by atoms with Crippen molar-refractivity contribution in [3.05, 3.63) is 6.42 Å². The SMILES string of the molecule is CC(C)(C)[PH+](C(C)(C)C)C(C)(C)C.C[CH-]C.[Cl][Pd+]. The van der Waals surface area contributed by atoms with Crippen LogP contribution in [0.5, 0.6) is 0 Å². The quantitative estimate of drug-likeness (QED) is 0.252. The summed E-state index contributed by atoms with van der Waals surface area (Å²) in [6, 6.07) is 0. The van der Waals surface area contributed by atoms with Gasteiger partial charge >= 0.3 is 27.7 Å². The van der Waals surface area contributed by atoms with Crippen molar-refractivity contribution in [2.75, 3.05) is 0 Å². The zero-order valence-corrected chi connectivity index (χ0v) is 17.6. The molecule has 0 atom stereocenters. The fourth-order valence-electron chi connectivity index (χ4n) is 3.38. The summed E-state index contributed by atoms with van der Waals surface area (Å²) in [5.41, 5.74) is 0. The number of rotatable bonds is 0. The number of hydrogen-bond donors (Lipinski definition) is 0. The first-order chi connectivity index (χ1) is 7.78. The van der Waals surface area contributed by atoms with E-state index in [1.165, 1.54) is 0 Å². The van der Waals surface area contributed by atoms with Crippen LogP contribution in [0.3, 0.4) is 0 Å². The third kappa shape index (κ3) is 12.4. The Morgan fingerprint density at radius 3 is 0.778 bits per heavy atom. The Bertz CT molecular complexity index is 151. The summed E-state index contributed by atoms with van der Waals surface area (Å²) < 4.78 is 0. The van der Waals surface area contributed by atoms with Crippen molar-refractivity contribution in [2.24, 2.45) is 0 Å². The molecule has 0 unspecified atom stereocenters. The van der Waals surface area contributed by atoms with Gasteiger partial charge in [-0.2, -0.15) is 13.8 Å². The van der Waals surface area contributed by atoms with Crippen molar-refractivity contribution in [3.63, 3.8) is 0 Å². The maximum absolute atomic E-state index is 4.49. The van der Waals surface area contributed by atoms with Gasteiger partial charge in [-0.1, -0.05) is 0 Å². The van der Waals surface area contributed by atoms with E-state index in [2.05, 4.69) is 90.0 Å². The molecular weight excluding hydrogens is 353 g/mol. The van der Waals surface area contributed by atoms with Crippen LogP contribution in [0.25, 0.3) is 0 Å². The molecule has 0 aromatic carbocycles. The molecule has 0 spiro atoms. The van der Waals surface area contributed by atoms with Crippen LogP contribution in [0.2, 0.25) is 0 Å². The third-order valence-corrected chi connectivity index (χ3v) is 6.75. The standard InChI is InChI=1S/C12H27P.C3H7.ClH.Pd/c1-10(2,3)13(11(4,5)6)12(7,8)9;1-3-2;;/h1-9H3;3H,1-2H3;1H;/q;-1;;+2. The third-order valence-electron chi connectivity index (χ3n) is 2.25. The molecule has 0 rings (SSSR count). The van der Waals surface area contributed by atoms with Crippen molar-refractivity contribution in [2.45, 2.75) is 91.6 Å². The van der Waals surface area contributed by atoms with Gasteiger partial charge in [-0.25, -0.2) is 0 Å². The minimum atomic E-state index is -0.391. The minimum absolute atomic E-state index is 0.391. The van der Waals surface area contributed by atoms with Crippen molar-refractivity contribution < 1.29 is 18.2 Å². The molecule has 116 valence electrons. The molecule has 0 N–H and O–H groups in total. The molecule has 0 aliphatic heterocycles. The topological polar surface area (TPSA) is 0 Å². The molecule has 0 saturated heterocycles. The molecule has 0 saturated carbocycles. The van der Waals surface area contributed by atoms with Gasteiger partial charge in [-0.15, -0.1) is 0 Å². The van der Waals surface area contributed by atoms with Crippen molar-refractivity contribution in [3.8, 4) is 0 Å². The van der Waals surface area contributed by atoms with Crippen LogP contribution < -0.4 is 0 Å². The maximum atomic E-state index is 4.49. The van der Waals surface area contributed by atoms with E-state index < -0.39 is 7.92 Å². The van der Waals surface area contributed by atoms with E-state index >= 15 is 0 Å². The van der Waals surface area contributed by atoms with Crippen LogP contribution in [-0.4, -0.2) is 15.5 Å². The van der Waals surface area contributed by atoms with Gasteiger partial charge in [0.15, 0.2) is 0 Å². The van der Waals surface area contributed by atoms with Crippen molar-refractivity contribution in [1.29, 1.82) is 0 Å². The number of hydrogen-bond acceptors (Lipinski definition) is 0. The first kappa shape index (κ1) is 24.4. The Labute approximate surface area is 133 Å². The Kier molecular flexibility index (Phi) is 13.8. The molecule has 0 aromatic heterocycles. The Balaban J connectivity index is -0.000000389. The zero-order valence-electron chi connectivity index (χ0n) is 14.3. The van der Waals surface area contributed by atoms with Gasteiger partial charge in [-0.3, -0.25) is 0 Å². The molecule has 3 heteroatoms. The normalized spacial score (nSPS) is 12.4. The van der Waals surface area contributed by atoms with Crippen LogP contribution >= 0.6 is 17.5 Å². The van der Waals surface area contributed by atoms with E-state index in [-0.39, 0.29) is 0 Å². The van der Waals surface area contributed by atoms with Gasteiger partial charge in [0.25, 0.3) is 0 Å². The first-order valence-corrected chi connectivity index (χ1v) is 10.0. The Morgan fingerprint density at radius 2 is 0.778 bits per heavy atom. The summed E-state index contributed by atoms with van der Waals surface area (Å²) >= 11 is 2.22. The van der Waals surface area contributed by atoms with Crippen LogP contribution in [0, 0.1) is 6.42 Å². The number of halogens is 1. The van der Waals surface area contributed by atoms with E-state index in [9.17, 15) is 0 Å². The summed E-state index contributed by atoms with van der Waals surface area (Å²) in [6.45, 7) is 25.6. The van der Waals surface area contributed by atoms with Gasteiger partial charge in [0.05, 0.1) is 15.5 Å². The molecule has 0 aromatic rings. The van der Waals surface area contributed by atoms with Gasteiger partial charge in [-0.05, 0) is 62.3 Å². The second kappa shape index (κ2) is 10.2. The molecule has 0 aliphatic carbocycles. The zero-order chi connectivity index (χ0) is 15.8. The summed E-state index contributed by atoms with van der Waals surface area (Å²) in [6.07, 6.45) is 2.00. The van der Waals surface area contributed by atoms with Crippen molar-refractivity contribution in [1.82, 2.24) is 0 Å². The predicted octanol–water partition coefficient (Wildman–Crippen LogP) is 6.51. The van der Waals surface area contributed by atoms with Crippen LogP contribution in [0.15, 0.2) is 0 Å². The molecule has 18 heavy (non-hydrogen) atoms. The fourth-order valence-corrected chi connectivity index (χ4v) is 10.1. The predicted molar refractivity (Wildman–Crippen MR) is 89.1 cm³/mol. The first-order valence-electron chi connectivity index (χ1n) is 6.52. The van der Waals surface area contributed by atoms with Gasteiger partial charge in [0.2, 0.25) is 0 Å². The summed E-state index contributed by atoms with van der Waals surface area (Å²) in [5, 5.41) is 1.46. The Morgan fingerprint density at radius 1 is 0.667 bits per heavy atom.